The number of carbonyl (C=O) groups excluding carboxylic acids is 1. The summed E-state index contributed by atoms with van der Waals surface area (Å²) >= 11 is 1.64. The second-order valence-electron chi connectivity index (χ2n) is 9.92. The van der Waals surface area contributed by atoms with Gasteiger partial charge in [-0.15, -0.1) is 11.8 Å². The Balaban J connectivity index is 1.39. The summed E-state index contributed by atoms with van der Waals surface area (Å²) in [5.74, 6) is 0.618. The van der Waals surface area contributed by atoms with Crippen molar-refractivity contribution in [2.75, 3.05) is 19.4 Å². The number of unbranched alkanes of at least 4 members (excludes halogenated alkanes) is 15. The number of halogens is 1. The minimum atomic E-state index is -0.371. The monoisotopic (exact) mass is 508 g/mol. The van der Waals surface area contributed by atoms with Crippen LogP contribution in [0.2, 0.25) is 0 Å². The van der Waals surface area contributed by atoms with Crippen LogP contribution < -0.4 is 15.4 Å². The fraction of sp³-hybridized carbons (Fsp3) is 0.759. The van der Waals surface area contributed by atoms with Crippen LogP contribution in [0.3, 0.4) is 0 Å². The SMILES string of the molecule is CCCCCCCCCCCCCCCCCCNC(=O)[C@H]1CSC(c2ccc(OC)c(F)c2)N1. The lowest BCUT2D eigenvalue weighted by Gasteiger charge is -2.14. The predicted molar refractivity (Wildman–Crippen MR) is 148 cm³/mol. The maximum atomic E-state index is 14.0. The third kappa shape index (κ3) is 12.5. The average molecular weight is 509 g/mol. The molecule has 2 atom stereocenters. The summed E-state index contributed by atoms with van der Waals surface area (Å²) < 4.78 is 19.0. The fourth-order valence-corrected chi connectivity index (χ4v) is 5.90. The number of nitrogens with one attached hydrogen (secondary N) is 2. The first-order valence-corrected chi connectivity index (χ1v) is 15.2. The number of rotatable bonds is 20. The molecule has 1 unspecified atom stereocenters. The Hall–Kier alpha value is -1.27. The molecule has 2 rings (SSSR count). The van der Waals surface area contributed by atoms with Gasteiger partial charge in [-0.05, 0) is 24.1 Å². The standard InChI is InChI=1S/C29H49FN2O2S/c1-3-4-5-6-7-8-9-10-11-12-13-14-15-16-17-18-21-31-28(33)26-23-35-29(32-26)24-19-20-27(34-2)25(30)22-24/h19-20,22,26,29,32H,3-18,21,23H2,1-2H3,(H,31,33)/t26-,29?/m1/s1. The topological polar surface area (TPSA) is 50.4 Å². The average Bonchev–Trinajstić information content (AvgIpc) is 3.36. The molecule has 200 valence electrons. The highest BCUT2D eigenvalue weighted by molar-refractivity contribution is 7.99. The Morgan fingerprint density at radius 1 is 0.943 bits per heavy atom. The third-order valence-electron chi connectivity index (χ3n) is 6.91. The number of thioether (sulfide) groups is 1. The van der Waals surface area contributed by atoms with E-state index in [1.807, 2.05) is 6.07 Å². The van der Waals surface area contributed by atoms with Crippen molar-refractivity contribution >= 4 is 17.7 Å². The second kappa shape index (κ2) is 18.9. The zero-order valence-corrected chi connectivity index (χ0v) is 23.0. The molecule has 1 saturated heterocycles. The molecule has 0 spiro atoms. The molecule has 0 bridgehead atoms. The Morgan fingerprint density at radius 2 is 1.49 bits per heavy atom. The van der Waals surface area contributed by atoms with Crippen molar-refractivity contribution in [2.24, 2.45) is 0 Å². The molecule has 1 aliphatic heterocycles. The Morgan fingerprint density at radius 3 is 2.00 bits per heavy atom. The molecular weight excluding hydrogens is 459 g/mol. The van der Waals surface area contributed by atoms with E-state index >= 15 is 0 Å². The van der Waals surface area contributed by atoms with Crippen molar-refractivity contribution in [1.29, 1.82) is 0 Å². The number of benzene rings is 1. The molecular formula is C29H49FN2O2S. The minimum absolute atomic E-state index is 0.0509. The van der Waals surface area contributed by atoms with Crippen LogP contribution in [0, 0.1) is 5.82 Å². The molecule has 1 aromatic carbocycles. The molecule has 1 aromatic rings. The number of methoxy groups -OCH3 is 1. The summed E-state index contributed by atoms with van der Waals surface area (Å²) in [6, 6.07) is 4.75. The lowest BCUT2D eigenvalue weighted by molar-refractivity contribution is -0.122. The summed E-state index contributed by atoms with van der Waals surface area (Å²) in [4.78, 5) is 12.5. The summed E-state index contributed by atoms with van der Waals surface area (Å²) in [5, 5.41) is 6.32. The molecule has 0 radical (unpaired) electrons. The summed E-state index contributed by atoms with van der Waals surface area (Å²) in [6.45, 7) is 3.02. The van der Waals surface area contributed by atoms with Crippen molar-refractivity contribution in [1.82, 2.24) is 10.6 Å². The van der Waals surface area contributed by atoms with Gasteiger partial charge in [0.15, 0.2) is 11.6 Å². The zero-order chi connectivity index (χ0) is 25.1. The molecule has 2 N–H and O–H groups in total. The highest BCUT2D eigenvalue weighted by atomic mass is 32.2. The van der Waals surface area contributed by atoms with Gasteiger partial charge >= 0.3 is 0 Å². The van der Waals surface area contributed by atoms with E-state index in [9.17, 15) is 9.18 Å². The van der Waals surface area contributed by atoms with E-state index in [1.54, 1.807) is 17.8 Å². The minimum Gasteiger partial charge on any atom is -0.494 e. The van der Waals surface area contributed by atoms with E-state index < -0.39 is 0 Å². The van der Waals surface area contributed by atoms with Crippen molar-refractivity contribution in [3.05, 3.63) is 29.6 Å². The zero-order valence-electron chi connectivity index (χ0n) is 22.2. The van der Waals surface area contributed by atoms with E-state index in [2.05, 4.69) is 17.6 Å². The molecule has 0 aliphatic carbocycles. The van der Waals surface area contributed by atoms with Gasteiger partial charge in [0, 0.05) is 12.3 Å². The number of hydrogen-bond donors (Lipinski definition) is 2. The molecule has 1 amide bonds. The van der Waals surface area contributed by atoms with Gasteiger partial charge in [-0.2, -0.15) is 0 Å². The highest BCUT2D eigenvalue weighted by Crippen LogP contribution is 2.34. The lowest BCUT2D eigenvalue weighted by Crippen LogP contribution is -2.42. The van der Waals surface area contributed by atoms with Crippen LogP contribution in [-0.2, 0) is 4.79 Å². The summed E-state index contributed by atoms with van der Waals surface area (Å²) in [6.07, 6.45) is 21.6. The Bertz CT molecular complexity index is 703. The third-order valence-corrected chi connectivity index (χ3v) is 8.17. The summed E-state index contributed by atoms with van der Waals surface area (Å²) in [5.41, 5.74) is 0.835. The molecule has 0 aromatic heterocycles. The van der Waals surface area contributed by atoms with Crippen LogP contribution in [0.15, 0.2) is 18.2 Å². The first kappa shape index (κ1) is 30.0. The van der Waals surface area contributed by atoms with Crippen molar-refractivity contribution < 1.29 is 13.9 Å². The van der Waals surface area contributed by atoms with Gasteiger partial charge in [-0.25, -0.2) is 4.39 Å². The number of hydrogen-bond acceptors (Lipinski definition) is 4. The van der Waals surface area contributed by atoms with E-state index in [1.165, 1.54) is 109 Å². The van der Waals surface area contributed by atoms with Gasteiger partial charge < -0.3 is 10.1 Å². The molecule has 6 heteroatoms. The lowest BCUT2D eigenvalue weighted by atomic mass is 10.0. The molecule has 1 aliphatic rings. The van der Waals surface area contributed by atoms with Gasteiger partial charge in [0.05, 0.1) is 18.5 Å². The van der Waals surface area contributed by atoms with E-state index in [4.69, 9.17) is 4.74 Å². The number of amides is 1. The van der Waals surface area contributed by atoms with Crippen LogP contribution in [0.25, 0.3) is 0 Å². The van der Waals surface area contributed by atoms with Crippen LogP contribution >= 0.6 is 11.8 Å². The van der Waals surface area contributed by atoms with Crippen LogP contribution in [0.5, 0.6) is 5.75 Å². The largest absolute Gasteiger partial charge is 0.494 e. The van der Waals surface area contributed by atoms with Gasteiger partial charge in [-0.1, -0.05) is 109 Å². The van der Waals surface area contributed by atoms with Gasteiger partial charge in [0.2, 0.25) is 5.91 Å². The second-order valence-corrected chi connectivity index (χ2v) is 11.1. The van der Waals surface area contributed by atoms with Crippen molar-refractivity contribution in [2.45, 2.75) is 121 Å². The van der Waals surface area contributed by atoms with E-state index in [0.717, 1.165) is 18.5 Å². The van der Waals surface area contributed by atoms with Crippen LogP contribution in [-0.4, -0.2) is 31.4 Å². The van der Waals surface area contributed by atoms with Crippen molar-refractivity contribution in [3.63, 3.8) is 0 Å². The quantitative estimate of drug-likeness (QED) is 0.176. The normalized spacial score (nSPS) is 17.6. The van der Waals surface area contributed by atoms with Gasteiger partial charge in [-0.3, -0.25) is 10.1 Å². The number of carbonyl (C=O) groups is 1. The number of ether oxygens (including phenoxy) is 1. The van der Waals surface area contributed by atoms with Gasteiger partial charge in [0.1, 0.15) is 0 Å². The maximum Gasteiger partial charge on any atom is 0.238 e. The Labute approximate surface area is 217 Å². The van der Waals surface area contributed by atoms with Crippen LogP contribution in [0.4, 0.5) is 4.39 Å². The molecule has 35 heavy (non-hydrogen) atoms. The molecule has 0 saturated carbocycles. The van der Waals surface area contributed by atoms with E-state index in [0.29, 0.717) is 5.75 Å². The first-order valence-electron chi connectivity index (χ1n) is 14.1. The first-order chi connectivity index (χ1) is 17.2. The molecule has 1 fully saturated rings. The highest BCUT2D eigenvalue weighted by Gasteiger charge is 2.30. The smallest absolute Gasteiger partial charge is 0.238 e. The van der Waals surface area contributed by atoms with Crippen LogP contribution in [0.1, 0.15) is 121 Å². The maximum absolute atomic E-state index is 14.0. The Kier molecular flexibility index (Phi) is 16.2. The van der Waals surface area contributed by atoms with E-state index in [-0.39, 0.29) is 28.9 Å². The summed E-state index contributed by atoms with van der Waals surface area (Å²) in [7, 11) is 1.46. The fourth-order valence-electron chi connectivity index (χ4n) is 4.67. The predicted octanol–water partition coefficient (Wildman–Crippen LogP) is 7.92. The van der Waals surface area contributed by atoms with Gasteiger partial charge in [0.25, 0.3) is 0 Å². The van der Waals surface area contributed by atoms with Crippen molar-refractivity contribution in [3.8, 4) is 5.75 Å². The molecule has 4 nitrogen and oxygen atoms in total. The molecule has 1 heterocycles.